The summed E-state index contributed by atoms with van der Waals surface area (Å²) in [6.07, 6.45) is 0.603. The number of phosphoric acid groups is 1. The Balaban J connectivity index is 0.00000289. The average molecular weight is 260 g/mol. The molecule has 0 saturated heterocycles. The van der Waals surface area contributed by atoms with E-state index in [2.05, 4.69) is 4.52 Å². The number of hydrogen-bond donors (Lipinski definition) is 2. The summed E-state index contributed by atoms with van der Waals surface area (Å²) < 4.78 is 15.0. The maximum atomic E-state index is 11.1. The van der Waals surface area contributed by atoms with Gasteiger partial charge in [0.1, 0.15) is 11.5 Å². The summed E-state index contributed by atoms with van der Waals surface area (Å²) in [7, 11) is -4.50. The predicted octanol–water partition coefficient (Wildman–Crippen LogP) is 2.17. The van der Waals surface area contributed by atoms with Gasteiger partial charge < -0.3 is 4.52 Å². The highest BCUT2D eigenvalue weighted by Gasteiger charge is 2.15. The Kier molecular flexibility index (Phi) is 4.46. The van der Waals surface area contributed by atoms with Crippen LogP contribution in [0.4, 0.5) is 0 Å². The fraction of sp³-hybridized carbons (Fsp3) is 0.364. The molecule has 0 radical (unpaired) electrons. The van der Waals surface area contributed by atoms with Gasteiger partial charge in [-0.1, -0.05) is 19.1 Å². The predicted molar refractivity (Wildman–Crippen MR) is 64.8 cm³/mol. The van der Waals surface area contributed by atoms with Crippen LogP contribution in [0.1, 0.15) is 20.8 Å². The van der Waals surface area contributed by atoms with Gasteiger partial charge in [0, 0.05) is 7.34 Å². The quantitative estimate of drug-likeness (QED) is 0.792. The number of ketones is 1. The molecule has 1 aromatic rings. The fourth-order valence-corrected chi connectivity index (χ4v) is 1.72. The van der Waals surface area contributed by atoms with Crippen LogP contribution in [0.25, 0.3) is 0 Å². The minimum absolute atomic E-state index is 0. The summed E-state index contributed by atoms with van der Waals surface area (Å²) in [5, 5.41) is 0. The van der Waals surface area contributed by atoms with Gasteiger partial charge in [-0.3, -0.25) is 14.6 Å². The number of rotatable bonds is 5. The van der Waals surface area contributed by atoms with Gasteiger partial charge in [0.25, 0.3) is 0 Å². The third kappa shape index (κ3) is 5.13. The van der Waals surface area contributed by atoms with Gasteiger partial charge in [-0.05, 0) is 31.0 Å². The van der Waals surface area contributed by atoms with E-state index in [0.717, 1.165) is 5.56 Å². The zero-order chi connectivity index (χ0) is 13.1. The van der Waals surface area contributed by atoms with Crippen molar-refractivity contribution in [3.63, 3.8) is 0 Å². The molecule has 1 rings (SSSR count). The third-order valence-electron chi connectivity index (χ3n) is 2.38. The number of phosphoric ester groups is 1. The minimum atomic E-state index is -4.50. The van der Waals surface area contributed by atoms with Crippen LogP contribution in [0, 0.1) is 5.92 Å². The zero-order valence-corrected chi connectivity index (χ0v) is 10.6. The molecular weight excluding hydrogens is 243 g/mol. The molecule has 0 aliphatic carbocycles. The van der Waals surface area contributed by atoms with Crippen molar-refractivity contribution in [1.82, 2.24) is 0 Å². The van der Waals surface area contributed by atoms with E-state index < -0.39 is 7.82 Å². The minimum Gasteiger partial charge on any atom is -0.404 e. The average Bonchev–Trinajstić information content (AvgIpc) is 2.18. The monoisotopic (exact) mass is 260 g/mol. The van der Waals surface area contributed by atoms with Crippen LogP contribution in [0.15, 0.2) is 24.3 Å². The highest BCUT2D eigenvalue weighted by molar-refractivity contribution is 7.46. The molecule has 5 nitrogen and oxygen atoms in total. The summed E-state index contributed by atoms with van der Waals surface area (Å²) in [6.45, 7) is 3.37. The van der Waals surface area contributed by atoms with Crippen molar-refractivity contribution in [2.75, 3.05) is 0 Å². The molecular formula is C11H17O5P. The molecule has 17 heavy (non-hydrogen) atoms. The largest absolute Gasteiger partial charge is 0.524 e. The molecule has 0 bridgehead atoms. The van der Waals surface area contributed by atoms with E-state index in [4.69, 9.17) is 9.79 Å². The first kappa shape index (κ1) is 13.9. The van der Waals surface area contributed by atoms with Crippen molar-refractivity contribution in [1.29, 1.82) is 0 Å². The van der Waals surface area contributed by atoms with Crippen LogP contribution in [-0.2, 0) is 15.8 Å². The molecule has 0 spiro atoms. The first-order chi connectivity index (χ1) is 7.78. The van der Waals surface area contributed by atoms with Crippen LogP contribution < -0.4 is 4.52 Å². The molecule has 0 unspecified atom stereocenters. The SMILES string of the molecule is CC(=O)[C@@H](C)Cc1ccc(OP(=O)(O)O)cc1.[HH]. The smallest absolute Gasteiger partial charge is 0.404 e. The van der Waals surface area contributed by atoms with Crippen LogP contribution in [-0.4, -0.2) is 15.6 Å². The second-order valence-electron chi connectivity index (χ2n) is 3.94. The van der Waals surface area contributed by atoms with Crippen molar-refractivity contribution in [2.24, 2.45) is 5.92 Å². The second-order valence-corrected chi connectivity index (χ2v) is 5.11. The molecule has 2 N–H and O–H groups in total. The summed E-state index contributed by atoms with van der Waals surface area (Å²) in [5.41, 5.74) is 0.922. The van der Waals surface area contributed by atoms with E-state index >= 15 is 0 Å². The Morgan fingerprint density at radius 1 is 1.41 bits per heavy atom. The van der Waals surface area contributed by atoms with Crippen LogP contribution in [0.2, 0.25) is 0 Å². The molecule has 0 fully saturated rings. The standard InChI is InChI=1S/C11H15O5P.H2/c1-8(9(2)12)7-10-3-5-11(6-4-10)16-17(13,14)15;/h3-6,8H,7H2,1-2H3,(H2,13,14,15);1H/t8-;/m0./s1. The fourth-order valence-electron chi connectivity index (χ4n) is 1.32. The molecule has 6 heteroatoms. The van der Waals surface area contributed by atoms with Crippen molar-refractivity contribution in [2.45, 2.75) is 20.3 Å². The number of Topliss-reactive ketones (excluding diaryl/α,β-unsaturated/α-hetero) is 1. The normalized spacial score (nSPS) is 13.2. The van der Waals surface area contributed by atoms with Crippen molar-refractivity contribution >= 4 is 13.6 Å². The highest BCUT2D eigenvalue weighted by atomic mass is 31.2. The third-order valence-corrected chi connectivity index (χ3v) is 2.83. The lowest BCUT2D eigenvalue weighted by Gasteiger charge is -2.09. The number of carbonyl (C=O) groups is 1. The van der Waals surface area contributed by atoms with E-state index in [9.17, 15) is 9.36 Å². The molecule has 0 amide bonds. The van der Waals surface area contributed by atoms with Crippen molar-refractivity contribution in [3.8, 4) is 5.75 Å². The highest BCUT2D eigenvalue weighted by Crippen LogP contribution is 2.37. The summed E-state index contributed by atoms with van der Waals surface area (Å²) in [6, 6.07) is 6.32. The summed E-state index contributed by atoms with van der Waals surface area (Å²) >= 11 is 0. The lowest BCUT2D eigenvalue weighted by Crippen LogP contribution is -2.09. The van der Waals surface area contributed by atoms with Crippen molar-refractivity contribution < 1.29 is 25.1 Å². The van der Waals surface area contributed by atoms with Gasteiger partial charge in [0.15, 0.2) is 0 Å². The Morgan fingerprint density at radius 3 is 2.35 bits per heavy atom. The van der Waals surface area contributed by atoms with Gasteiger partial charge in [0.2, 0.25) is 0 Å². The van der Waals surface area contributed by atoms with Gasteiger partial charge in [-0.2, -0.15) is 0 Å². The molecule has 0 aliphatic heterocycles. The number of carbonyl (C=O) groups excluding carboxylic acids is 1. The van der Waals surface area contributed by atoms with Crippen LogP contribution >= 0.6 is 7.82 Å². The zero-order valence-electron chi connectivity index (χ0n) is 9.66. The summed E-state index contributed by atoms with van der Waals surface area (Å²) in [4.78, 5) is 28.3. The second kappa shape index (κ2) is 5.45. The first-order valence-electron chi connectivity index (χ1n) is 5.12. The molecule has 0 aliphatic rings. The lowest BCUT2D eigenvalue weighted by molar-refractivity contribution is -0.120. The van der Waals surface area contributed by atoms with Gasteiger partial charge in [0.05, 0.1) is 0 Å². The van der Waals surface area contributed by atoms with Crippen LogP contribution in [0.5, 0.6) is 5.75 Å². The topological polar surface area (TPSA) is 83.8 Å². The van der Waals surface area contributed by atoms with Gasteiger partial charge >= 0.3 is 7.82 Å². The van der Waals surface area contributed by atoms with Gasteiger partial charge in [-0.25, -0.2) is 4.57 Å². The van der Waals surface area contributed by atoms with Gasteiger partial charge in [-0.15, -0.1) is 0 Å². The van der Waals surface area contributed by atoms with E-state index in [0.29, 0.717) is 6.42 Å². The molecule has 1 aromatic carbocycles. The Hall–Kier alpha value is -1.16. The Bertz CT molecular complexity index is 439. The maximum Gasteiger partial charge on any atom is 0.524 e. The van der Waals surface area contributed by atoms with Crippen molar-refractivity contribution in [3.05, 3.63) is 29.8 Å². The molecule has 1 atom stereocenters. The Morgan fingerprint density at radius 2 is 1.94 bits per heavy atom. The molecule has 0 aromatic heterocycles. The van der Waals surface area contributed by atoms with E-state index in [-0.39, 0.29) is 18.9 Å². The molecule has 96 valence electrons. The van der Waals surface area contributed by atoms with E-state index in [1.807, 2.05) is 6.92 Å². The van der Waals surface area contributed by atoms with E-state index in [1.165, 1.54) is 19.1 Å². The maximum absolute atomic E-state index is 11.1. The van der Waals surface area contributed by atoms with Crippen LogP contribution in [0.3, 0.4) is 0 Å². The number of benzene rings is 1. The molecule has 0 saturated carbocycles. The lowest BCUT2D eigenvalue weighted by atomic mass is 9.98. The summed E-state index contributed by atoms with van der Waals surface area (Å²) in [5.74, 6) is 0.154. The Labute approximate surface area is 101 Å². The van der Waals surface area contributed by atoms with E-state index in [1.54, 1.807) is 12.1 Å². The first-order valence-corrected chi connectivity index (χ1v) is 6.65. The molecule has 0 heterocycles. The number of hydrogen-bond acceptors (Lipinski definition) is 3.